The fourth-order valence-corrected chi connectivity index (χ4v) is 4.54. The second kappa shape index (κ2) is 5.29. The standard InChI is InChI=1S/C15H14OS2/c16-12-5-3-6-13(9-12)17-10-14-8-11-4-1-2-7-15(11)18-14/h1-7,9,14,16H,8,10H2. The molecule has 0 aromatic heterocycles. The number of aromatic hydroxyl groups is 1. The van der Waals surface area contributed by atoms with E-state index in [4.69, 9.17) is 0 Å². The van der Waals surface area contributed by atoms with Crippen LogP contribution in [0.4, 0.5) is 0 Å². The predicted molar refractivity (Wildman–Crippen MR) is 78.6 cm³/mol. The molecule has 3 rings (SSSR count). The van der Waals surface area contributed by atoms with Crippen LogP contribution in [0.1, 0.15) is 5.56 Å². The molecule has 1 aliphatic heterocycles. The summed E-state index contributed by atoms with van der Waals surface area (Å²) >= 11 is 3.80. The highest BCUT2D eigenvalue weighted by Gasteiger charge is 2.21. The Balaban J connectivity index is 1.60. The molecule has 0 bridgehead atoms. The highest BCUT2D eigenvalue weighted by Crippen LogP contribution is 2.39. The van der Waals surface area contributed by atoms with Crippen LogP contribution in [0.25, 0.3) is 0 Å². The number of hydrogen-bond acceptors (Lipinski definition) is 3. The summed E-state index contributed by atoms with van der Waals surface area (Å²) in [4.78, 5) is 2.57. The molecule has 0 radical (unpaired) electrons. The topological polar surface area (TPSA) is 20.2 Å². The minimum absolute atomic E-state index is 0.349. The molecule has 1 atom stereocenters. The van der Waals surface area contributed by atoms with Crippen LogP contribution in [0.3, 0.4) is 0 Å². The summed E-state index contributed by atoms with van der Waals surface area (Å²) < 4.78 is 0. The number of thioether (sulfide) groups is 2. The summed E-state index contributed by atoms with van der Waals surface area (Å²) in [5, 5.41) is 10.1. The van der Waals surface area contributed by atoms with Crippen molar-refractivity contribution in [3.63, 3.8) is 0 Å². The molecule has 3 heteroatoms. The van der Waals surface area contributed by atoms with E-state index in [0.29, 0.717) is 11.0 Å². The van der Waals surface area contributed by atoms with Gasteiger partial charge in [0.1, 0.15) is 5.75 Å². The maximum atomic E-state index is 9.43. The smallest absolute Gasteiger partial charge is 0.116 e. The second-order valence-electron chi connectivity index (χ2n) is 4.36. The van der Waals surface area contributed by atoms with Gasteiger partial charge in [-0.3, -0.25) is 0 Å². The van der Waals surface area contributed by atoms with Gasteiger partial charge in [-0.15, -0.1) is 23.5 Å². The average molecular weight is 274 g/mol. The maximum Gasteiger partial charge on any atom is 0.116 e. The first kappa shape index (κ1) is 12.0. The van der Waals surface area contributed by atoms with E-state index in [1.54, 1.807) is 6.07 Å². The average Bonchev–Trinajstić information content (AvgIpc) is 2.79. The fraction of sp³-hybridized carbons (Fsp3) is 0.200. The summed E-state index contributed by atoms with van der Waals surface area (Å²) in [5.41, 5.74) is 1.48. The molecule has 1 N–H and O–H groups in total. The molecule has 2 aromatic rings. The molecule has 0 fully saturated rings. The lowest BCUT2D eigenvalue weighted by Crippen LogP contribution is -2.03. The molecule has 92 valence electrons. The van der Waals surface area contributed by atoms with Gasteiger partial charge in [-0.25, -0.2) is 0 Å². The van der Waals surface area contributed by atoms with Crippen LogP contribution in [0.5, 0.6) is 5.75 Å². The molecule has 18 heavy (non-hydrogen) atoms. The number of phenolic OH excluding ortho intramolecular Hbond substituents is 1. The van der Waals surface area contributed by atoms with Gasteiger partial charge >= 0.3 is 0 Å². The van der Waals surface area contributed by atoms with Gasteiger partial charge in [0, 0.05) is 20.8 Å². The zero-order valence-electron chi connectivity index (χ0n) is 9.87. The van der Waals surface area contributed by atoms with E-state index >= 15 is 0 Å². The van der Waals surface area contributed by atoms with Crippen LogP contribution in [0.15, 0.2) is 58.3 Å². The van der Waals surface area contributed by atoms with Crippen LogP contribution in [-0.4, -0.2) is 16.1 Å². The minimum atomic E-state index is 0.349. The van der Waals surface area contributed by atoms with Crippen molar-refractivity contribution in [2.45, 2.75) is 21.5 Å². The third-order valence-corrected chi connectivity index (χ3v) is 5.65. The Labute approximate surface area is 116 Å². The van der Waals surface area contributed by atoms with Gasteiger partial charge in [-0.1, -0.05) is 24.3 Å². The molecule has 0 spiro atoms. The Hall–Kier alpha value is -1.06. The first-order valence-electron chi connectivity index (χ1n) is 5.97. The molecule has 0 saturated heterocycles. The molecular weight excluding hydrogens is 260 g/mol. The van der Waals surface area contributed by atoms with E-state index < -0.39 is 0 Å². The maximum absolute atomic E-state index is 9.43. The molecule has 1 unspecified atom stereocenters. The Bertz CT molecular complexity index is 529. The zero-order chi connectivity index (χ0) is 12.4. The normalized spacial score (nSPS) is 17.7. The largest absolute Gasteiger partial charge is 0.508 e. The summed E-state index contributed by atoms with van der Waals surface area (Å²) in [6.45, 7) is 0. The van der Waals surface area contributed by atoms with Crippen molar-refractivity contribution in [1.82, 2.24) is 0 Å². The molecule has 0 amide bonds. The highest BCUT2D eigenvalue weighted by molar-refractivity contribution is 8.03. The van der Waals surface area contributed by atoms with Crippen molar-refractivity contribution in [1.29, 1.82) is 0 Å². The number of rotatable bonds is 3. The van der Waals surface area contributed by atoms with Crippen molar-refractivity contribution in [3.05, 3.63) is 54.1 Å². The van der Waals surface area contributed by atoms with Crippen LogP contribution in [-0.2, 0) is 6.42 Å². The molecule has 1 heterocycles. The van der Waals surface area contributed by atoms with Gasteiger partial charge in [-0.05, 0) is 36.2 Å². The lowest BCUT2D eigenvalue weighted by molar-refractivity contribution is 0.474. The lowest BCUT2D eigenvalue weighted by atomic mass is 10.1. The number of hydrogen-bond donors (Lipinski definition) is 1. The van der Waals surface area contributed by atoms with Crippen LogP contribution < -0.4 is 0 Å². The van der Waals surface area contributed by atoms with E-state index in [2.05, 4.69) is 30.3 Å². The molecule has 0 saturated carbocycles. The lowest BCUT2D eigenvalue weighted by Gasteiger charge is -2.07. The van der Waals surface area contributed by atoms with Gasteiger partial charge in [-0.2, -0.15) is 0 Å². The first-order chi connectivity index (χ1) is 8.81. The Morgan fingerprint density at radius 3 is 2.89 bits per heavy atom. The molecule has 1 aliphatic rings. The van der Waals surface area contributed by atoms with Crippen molar-refractivity contribution in [2.24, 2.45) is 0 Å². The van der Waals surface area contributed by atoms with Crippen molar-refractivity contribution in [3.8, 4) is 5.75 Å². The number of fused-ring (bicyclic) bond motifs is 1. The van der Waals surface area contributed by atoms with E-state index in [-0.39, 0.29) is 0 Å². The molecule has 0 aliphatic carbocycles. The van der Waals surface area contributed by atoms with Gasteiger partial charge < -0.3 is 5.11 Å². The summed E-state index contributed by atoms with van der Waals surface area (Å²) in [6.07, 6.45) is 1.16. The quantitative estimate of drug-likeness (QED) is 0.847. The zero-order valence-corrected chi connectivity index (χ0v) is 11.5. The van der Waals surface area contributed by atoms with E-state index in [0.717, 1.165) is 17.1 Å². The van der Waals surface area contributed by atoms with Gasteiger partial charge in [0.15, 0.2) is 0 Å². The van der Waals surface area contributed by atoms with E-state index in [1.807, 2.05) is 35.7 Å². The Morgan fingerprint density at radius 1 is 1.17 bits per heavy atom. The molecular formula is C15H14OS2. The van der Waals surface area contributed by atoms with Crippen molar-refractivity contribution < 1.29 is 5.11 Å². The van der Waals surface area contributed by atoms with Crippen molar-refractivity contribution >= 4 is 23.5 Å². The summed E-state index contributed by atoms with van der Waals surface area (Å²) in [6, 6.07) is 16.1. The highest BCUT2D eigenvalue weighted by atomic mass is 32.2. The van der Waals surface area contributed by atoms with Gasteiger partial charge in [0.2, 0.25) is 0 Å². The molecule has 1 nitrogen and oxygen atoms in total. The van der Waals surface area contributed by atoms with Gasteiger partial charge in [0.05, 0.1) is 0 Å². The SMILES string of the molecule is Oc1cccc(SCC2Cc3ccccc3S2)c1. The summed E-state index contributed by atoms with van der Waals surface area (Å²) in [7, 11) is 0. The fourth-order valence-electron chi connectivity index (χ4n) is 2.11. The molecule has 2 aromatic carbocycles. The summed E-state index contributed by atoms with van der Waals surface area (Å²) in [5.74, 6) is 1.44. The number of phenols is 1. The predicted octanol–water partition coefficient (Wildman–Crippen LogP) is 4.20. The van der Waals surface area contributed by atoms with Crippen LogP contribution >= 0.6 is 23.5 Å². The van der Waals surface area contributed by atoms with Crippen molar-refractivity contribution in [2.75, 3.05) is 5.75 Å². The Morgan fingerprint density at radius 2 is 2.06 bits per heavy atom. The Kier molecular flexibility index (Phi) is 3.52. The van der Waals surface area contributed by atoms with Crippen LogP contribution in [0, 0.1) is 0 Å². The first-order valence-corrected chi connectivity index (χ1v) is 7.84. The minimum Gasteiger partial charge on any atom is -0.508 e. The van der Waals surface area contributed by atoms with E-state index in [9.17, 15) is 5.11 Å². The number of benzene rings is 2. The van der Waals surface area contributed by atoms with Crippen LogP contribution in [0.2, 0.25) is 0 Å². The van der Waals surface area contributed by atoms with E-state index in [1.165, 1.54) is 10.5 Å². The monoisotopic (exact) mass is 274 g/mol. The second-order valence-corrected chi connectivity index (χ2v) is 6.80. The third kappa shape index (κ3) is 2.68. The van der Waals surface area contributed by atoms with Gasteiger partial charge in [0.25, 0.3) is 0 Å². The third-order valence-electron chi connectivity index (χ3n) is 2.97.